The highest BCUT2D eigenvalue weighted by Gasteiger charge is 2.01. The third-order valence-electron chi connectivity index (χ3n) is 2.34. The van der Waals surface area contributed by atoms with E-state index in [1.54, 1.807) is 13.0 Å². The molecule has 0 rings (SSSR count). The van der Waals surface area contributed by atoms with Crippen LogP contribution in [-0.4, -0.2) is 45.6 Å². The van der Waals surface area contributed by atoms with Gasteiger partial charge in [-0.2, -0.15) is 0 Å². The van der Waals surface area contributed by atoms with E-state index in [9.17, 15) is 9.59 Å². The van der Waals surface area contributed by atoms with E-state index < -0.39 is 11.9 Å². The summed E-state index contributed by atoms with van der Waals surface area (Å²) in [6.45, 7) is 5.12. The largest absolute Gasteiger partial charge is 0.478 e. The first-order chi connectivity index (χ1) is 9.36. The predicted molar refractivity (Wildman–Crippen MR) is 75.4 cm³/mol. The quantitative estimate of drug-likeness (QED) is 0.378. The summed E-state index contributed by atoms with van der Waals surface area (Å²) in [6.07, 6.45) is 4.68. The number of hydrogen-bond donors (Lipinski definition) is 4. The molecule has 20 heavy (non-hydrogen) atoms. The highest BCUT2D eigenvalue weighted by molar-refractivity contribution is 5.86. The van der Waals surface area contributed by atoms with Crippen molar-refractivity contribution in [2.24, 2.45) is 0 Å². The number of carboxylic acids is 2. The van der Waals surface area contributed by atoms with Crippen LogP contribution in [0.2, 0.25) is 0 Å². The molecule has 0 unspecified atom stereocenters. The van der Waals surface area contributed by atoms with Crippen LogP contribution in [0, 0.1) is 0 Å². The Morgan fingerprint density at radius 1 is 1.00 bits per heavy atom. The third kappa shape index (κ3) is 14.4. The molecule has 0 aliphatic rings. The van der Waals surface area contributed by atoms with E-state index >= 15 is 0 Å². The van der Waals surface area contributed by atoms with E-state index in [2.05, 4.69) is 6.58 Å². The molecule has 0 aliphatic carbocycles. The average molecular weight is 288 g/mol. The zero-order chi connectivity index (χ0) is 16.0. The summed E-state index contributed by atoms with van der Waals surface area (Å²) < 4.78 is 0. The van der Waals surface area contributed by atoms with Gasteiger partial charge in [-0.15, -0.1) is 0 Å². The van der Waals surface area contributed by atoms with Gasteiger partial charge in [0.2, 0.25) is 0 Å². The van der Waals surface area contributed by atoms with Crippen molar-refractivity contribution in [3.8, 4) is 0 Å². The lowest BCUT2D eigenvalue weighted by molar-refractivity contribution is -0.133. The molecule has 0 radical (unpaired) electrons. The van der Waals surface area contributed by atoms with Gasteiger partial charge in [-0.1, -0.05) is 12.7 Å². The molecule has 0 amide bonds. The number of unbranched alkanes of at least 4 members (excludes halogenated alkanes) is 2. The molecule has 0 saturated carbocycles. The number of aliphatic carboxylic acids is 2. The van der Waals surface area contributed by atoms with Crippen molar-refractivity contribution in [3.05, 3.63) is 23.8 Å². The zero-order valence-electron chi connectivity index (χ0n) is 11.8. The van der Waals surface area contributed by atoms with Crippen LogP contribution in [0.3, 0.4) is 0 Å². The maximum atomic E-state index is 10.2. The summed E-state index contributed by atoms with van der Waals surface area (Å²) in [5, 5.41) is 33.4. The Kier molecular flexibility index (Phi) is 14.2. The fraction of sp³-hybridized carbons (Fsp3) is 0.571. The second-order valence-corrected chi connectivity index (χ2v) is 4.15. The minimum absolute atomic E-state index is 0.114. The molecular weight excluding hydrogens is 264 g/mol. The average Bonchev–Trinajstić information content (AvgIpc) is 2.39. The summed E-state index contributed by atoms with van der Waals surface area (Å²) >= 11 is 0. The normalized spacial score (nSPS) is 10.4. The molecule has 0 spiro atoms. The number of aliphatic hydroxyl groups excluding tert-OH is 2. The van der Waals surface area contributed by atoms with Gasteiger partial charge in [0.05, 0.1) is 0 Å². The Hall–Kier alpha value is -1.66. The number of rotatable bonds is 9. The van der Waals surface area contributed by atoms with Crippen molar-refractivity contribution in [2.45, 2.75) is 39.0 Å². The van der Waals surface area contributed by atoms with Crippen molar-refractivity contribution < 1.29 is 30.0 Å². The molecule has 0 saturated heterocycles. The fourth-order valence-electron chi connectivity index (χ4n) is 1.05. The Morgan fingerprint density at radius 2 is 1.55 bits per heavy atom. The number of carbonyl (C=O) groups is 2. The van der Waals surface area contributed by atoms with Gasteiger partial charge in [0.15, 0.2) is 0 Å². The van der Waals surface area contributed by atoms with Gasteiger partial charge in [-0.25, -0.2) is 9.59 Å². The van der Waals surface area contributed by atoms with Crippen LogP contribution >= 0.6 is 0 Å². The van der Waals surface area contributed by atoms with Gasteiger partial charge in [0.25, 0.3) is 0 Å². The van der Waals surface area contributed by atoms with Crippen LogP contribution in [0.15, 0.2) is 23.8 Å². The first-order valence-electron chi connectivity index (χ1n) is 6.39. The Labute approximate surface area is 119 Å². The topological polar surface area (TPSA) is 115 Å². The number of allylic oxidation sites excluding steroid dienone is 1. The standard InChI is InChI=1S/2C7H12O3/c2*1-6(7(9)10)4-2-3-5-8/h4,8H,2-3,5H2,1H3,(H,9,10);8H,1-5H2,(H,9,10)/b6-4+;. The van der Waals surface area contributed by atoms with E-state index in [-0.39, 0.29) is 18.8 Å². The molecule has 0 aromatic heterocycles. The maximum Gasteiger partial charge on any atom is 0.330 e. The van der Waals surface area contributed by atoms with Gasteiger partial charge in [-0.05, 0) is 39.0 Å². The second-order valence-electron chi connectivity index (χ2n) is 4.15. The van der Waals surface area contributed by atoms with E-state index in [4.69, 9.17) is 20.4 Å². The monoisotopic (exact) mass is 288 g/mol. The minimum atomic E-state index is -0.946. The van der Waals surface area contributed by atoms with Crippen molar-refractivity contribution in [1.29, 1.82) is 0 Å². The molecule has 6 heteroatoms. The zero-order valence-corrected chi connectivity index (χ0v) is 11.8. The lowest BCUT2D eigenvalue weighted by atomic mass is 10.1. The van der Waals surface area contributed by atoms with Crippen molar-refractivity contribution in [1.82, 2.24) is 0 Å². The van der Waals surface area contributed by atoms with E-state index in [1.165, 1.54) is 0 Å². The Balaban J connectivity index is 0. The van der Waals surface area contributed by atoms with Gasteiger partial charge >= 0.3 is 11.9 Å². The van der Waals surface area contributed by atoms with Crippen LogP contribution in [0.25, 0.3) is 0 Å². The van der Waals surface area contributed by atoms with Gasteiger partial charge in [-0.3, -0.25) is 0 Å². The highest BCUT2D eigenvalue weighted by Crippen LogP contribution is 2.03. The first-order valence-corrected chi connectivity index (χ1v) is 6.39. The lowest BCUT2D eigenvalue weighted by Crippen LogP contribution is -1.98. The Morgan fingerprint density at radius 3 is 1.95 bits per heavy atom. The SMILES string of the molecule is C/C(=C\CCCO)C(=O)O.C=C(CCCCO)C(=O)O. The summed E-state index contributed by atoms with van der Waals surface area (Å²) in [5.74, 6) is -1.84. The van der Waals surface area contributed by atoms with Crippen LogP contribution < -0.4 is 0 Å². The molecule has 0 aliphatic heterocycles. The second kappa shape index (κ2) is 13.8. The maximum absolute atomic E-state index is 10.2. The minimum Gasteiger partial charge on any atom is -0.478 e. The smallest absolute Gasteiger partial charge is 0.330 e. The molecule has 0 heterocycles. The molecule has 0 fully saturated rings. The highest BCUT2D eigenvalue weighted by atomic mass is 16.4. The number of carboxylic acid groups (broad SMARTS) is 2. The fourth-order valence-corrected chi connectivity index (χ4v) is 1.05. The molecule has 0 aromatic rings. The van der Waals surface area contributed by atoms with Crippen LogP contribution in [0.5, 0.6) is 0 Å². The van der Waals surface area contributed by atoms with Crippen molar-refractivity contribution in [2.75, 3.05) is 13.2 Å². The number of aliphatic hydroxyl groups is 2. The summed E-state index contributed by atoms with van der Waals surface area (Å²) in [6, 6.07) is 0. The predicted octanol–water partition coefficient (Wildman–Crippen LogP) is 1.58. The molecule has 0 bridgehead atoms. The number of hydrogen-bond acceptors (Lipinski definition) is 4. The first kappa shape index (κ1) is 20.7. The van der Waals surface area contributed by atoms with E-state index in [0.29, 0.717) is 37.7 Å². The molecule has 0 aromatic carbocycles. The molecule has 6 nitrogen and oxygen atoms in total. The molecular formula is C14H24O6. The Bertz CT molecular complexity index is 333. The molecule has 4 N–H and O–H groups in total. The molecule has 116 valence electrons. The third-order valence-corrected chi connectivity index (χ3v) is 2.34. The van der Waals surface area contributed by atoms with Crippen LogP contribution in [0.1, 0.15) is 39.0 Å². The summed E-state index contributed by atoms with van der Waals surface area (Å²) in [4.78, 5) is 20.3. The van der Waals surface area contributed by atoms with Crippen molar-refractivity contribution in [3.63, 3.8) is 0 Å². The van der Waals surface area contributed by atoms with Crippen molar-refractivity contribution >= 4 is 11.9 Å². The summed E-state index contributed by atoms with van der Waals surface area (Å²) in [7, 11) is 0. The van der Waals surface area contributed by atoms with E-state index in [0.717, 1.165) is 0 Å². The molecule has 0 atom stereocenters. The summed E-state index contributed by atoms with van der Waals surface area (Å²) in [5.41, 5.74) is 0.557. The van der Waals surface area contributed by atoms with Gasteiger partial charge < -0.3 is 20.4 Å². The lowest BCUT2D eigenvalue weighted by Gasteiger charge is -1.96. The van der Waals surface area contributed by atoms with Gasteiger partial charge in [0, 0.05) is 24.4 Å². The van der Waals surface area contributed by atoms with E-state index in [1.807, 2.05) is 0 Å². The van der Waals surface area contributed by atoms with Gasteiger partial charge in [0.1, 0.15) is 0 Å². The van der Waals surface area contributed by atoms with Crippen LogP contribution in [0.4, 0.5) is 0 Å². The van der Waals surface area contributed by atoms with Crippen LogP contribution in [-0.2, 0) is 9.59 Å².